The van der Waals surface area contributed by atoms with Crippen molar-refractivity contribution in [3.63, 3.8) is 0 Å². The highest BCUT2D eigenvalue weighted by Gasteiger charge is 2.33. The summed E-state index contributed by atoms with van der Waals surface area (Å²) < 4.78 is 5.53. The third-order valence-corrected chi connectivity index (χ3v) is 5.63. The van der Waals surface area contributed by atoms with E-state index in [1.807, 2.05) is 6.07 Å². The lowest BCUT2D eigenvalue weighted by Crippen LogP contribution is -2.47. The van der Waals surface area contributed by atoms with E-state index in [0.29, 0.717) is 21.0 Å². The van der Waals surface area contributed by atoms with E-state index in [4.69, 9.17) is 39.5 Å². The summed E-state index contributed by atoms with van der Waals surface area (Å²) in [4.78, 5) is 2.51. The normalized spacial score (nSPS) is 20.8. The Balaban J connectivity index is 0.00000144. The van der Waals surface area contributed by atoms with E-state index in [9.17, 15) is 0 Å². The molecule has 2 saturated heterocycles. The fourth-order valence-electron chi connectivity index (χ4n) is 3.53. The third kappa shape index (κ3) is 5.28. The van der Waals surface area contributed by atoms with Crippen LogP contribution in [0.3, 0.4) is 0 Å². The van der Waals surface area contributed by atoms with Gasteiger partial charge in [-0.3, -0.25) is 4.90 Å². The van der Waals surface area contributed by atoms with Crippen LogP contribution in [0.2, 0.25) is 15.1 Å². The van der Waals surface area contributed by atoms with E-state index in [1.54, 1.807) is 6.07 Å². The van der Waals surface area contributed by atoms with Crippen LogP contribution in [0.4, 0.5) is 0 Å². The molecule has 2 aliphatic rings. The first-order valence-corrected chi connectivity index (χ1v) is 8.97. The van der Waals surface area contributed by atoms with Gasteiger partial charge in [-0.05, 0) is 36.5 Å². The molecule has 1 aromatic carbocycles. The highest BCUT2D eigenvalue weighted by molar-refractivity contribution is 6.43. The zero-order valence-electron chi connectivity index (χ0n) is 13.3. The predicted molar refractivity (Wildman–Crippen MR) is 107 cm³/mol. The number of hydrogen-bond donors (Lipinski definition) is 1. The van der Waals surface area contributed by atoms with E-state index >= 15 is 0 Å². The summed E-state index contributed by atoms with van der Waals surface area (Å²) in [6, 6.07) is 3.96. The van der Waals surface area contributed by atoms with Gasteiger partial charge in [0, 0.05) is 50.5 Å². The second kappa shape index (κ2) is 10.6. The molecule has 3 rings (SSSR count). The summed E-state index contributed by atoms with van der Waals surface area (Å²) in [6.07, 6.45) is 2.10. The maximum absolute atomic E-state index is 6.53. The molecule has 2 fully saturated rings. The second-order valence-electron chi connectivity index (χ2n) is 5.97. The van der Waals surface area contributed by atoms with Gasteiger partial charge in [-0.15, -0.1) is 24.8 Å². The molecular weight excluding hydrogens is 413 g/mol. The molecule has 0 spiro atoms. The summed E-state index contributed by atoms with van der Waals surface area (Å²) in [7, 11) is 0. The van der Waals surface area contributed by atoms with Gasteiger partial charge in [0.05, 0.1) is 10.0 Å². The lowest BCUT2D eigenvalue weighted by molar-refractivity contribution is 0.0213. The molecule has 0 saturated carbocycles. The molecular formula is C16H23Cl5N2O. The van der Waals surface area contributed by atoms with Gasteiger partial charge in [0.25, 0.3) is 0 Å². The summed E-state index contributed by atoms with van der Waals surface area (Å²) >= 11 is 19.0. The summed E-state index contributed by atoms with van der Waals surface area (Å²) in [5.74, 6) is 0.527. The average molecular weight is 437 g/mol. The summed E-state index contributed by atoms with van der Waals surface area (Å²) in [6.45, 7) is 5.68. The molecule has 0 bridgehead atoms. The van der Waals surface area contributed by atoms with Crippen LogP contribution < -0.4 is 5.32 Å². The van der Waals surface area contributed by atoms with Gasteiger partial charge in [-0.25, -0.2) is 0 Å². The van der Waals surface area contributed by atoms with Crippen molar-refractivity contribution in [3.05, 3.63) is 32.8 Å². The number of benzene rings is 1. The van der Waals surface area contributed by atoms with Gasteiger partial charge in [0.15, 0.2) is 0 Å². The summed E-state index contributed by atoms with van der Waals surface area (Å²) in [5, 5.41) is 5.24. The minimum Gasteiger partial charge on any atom is -0.381 e. The first kappa shape index (κ1) is 22.6. The van der Waals surface area contributed by atoms with Crippen molar-refractivity contribution in [2.45, 2.75) is 18.9 Å². The van der Waals surface area contributed by atoms with Gasteiger partial charge in [-0.1, -0.05) is 34.8 Å². The first-order chi connectivity index (χ1) is 10.7. The molecule has 138 valence electrons. The SMILES string of the molecule is Cl.Cl.Clc1cc(Cl)c(Cl)c([C@H](C2CCOCC2)N2CCNCC2)c1. The van der Waals surface area contributed by atoms with Crippen LogP contribution in [-0.4, -0.2) is 44.3 Å². The molecule has 0 radical (unpaired) electrons. The van der Waals surface area contributed by atoms with E-state index in [0.717, 1.165) is 57.8 Å². The van der Waals surface area contributed by atoms with Crippen molar-refractivity contribution in [3.8, 4) is 0 Å². The minimum atomic E-state index is 0. The molecule has 0 unspecified atom stereocenters. The fraction of sp³-hybridized carbons (Fsp3) is 0.625. The monoisotopic (exact) mass is 434 g/mol. The Labute approximate surface area is 171 Å². The van der Waals surface area contributed by atoms with Crippen molar-refractivity contribution in [2.75, 3.05) is 39.4 Å². The quantitative estimate of drug-likeness (QED) is 0.685. The van der Waals surface area contributed by atoms with Crippen LogP contribution in [0.25, 0.3) is 0 Å². The van der Waals surface area contributed by atoms with E-state index in [2.05, 4.69) is 10.2 Å². The van der Waals surface area contributed by atoms with Crippen LogP contribution >= 0.6 is 59.6 Å². The van der Waals surface area contributed by atoms with E-state index < -0.39 is 0 Å². The Kier molecular flexibility index (Phi) is 10.0. The molecule has 24 heavy (non-hydrogen) atoms. The van der Waals surface area contributed by atoms with Gasteiger partial charge in [0.2, 0.25) is 0 Å². The Morgan fingerprint density at radius 3 is 2.29 bits per heavy atom. The Hall–Kier alpha value is 0.550. The number of hydrogen-bond acceptors (Lipinski definition) is 3. The highest BCUT2D eigenvalue weighted by atomic mass is 35.5. The van der Waals surface area contributed by atoms with Crippen LogP contribution in [-0.2, 0) is 4.74 Å². The molecule has 8 heteroatoms. The van der Waals surface area contributed by atoms with Gasteiger partial charge < -0.3 is 10.1 Å². The Morgan fingerprint density at radius 1 is 1.04 bits per heavy atom. The lowest BCUT2D eigenvalue weighted by Gasteiger charge is -2.41. The molecule has 0 amide bonds. The van der Waals surface area contributed by atoms with Gasteiger partial charge >= 0.3 is 0 Å². The Morgan fingerprint density at radius 2 is 1.67 bits per heavy atom. The molecule has 1 aromatic rings. The zero-order valence-corrected chi connectivity index (χ0v) is 17.2. The van der Waals surface area contributed by atoms with Gasteiger partial charge in [-0.2, -0.15) is 0 Å². The summed E-state index contributed by atoms with van der Waals surface area (Å²) in [5.41, 5.74) is 1.06. The molecule has 2 heterocycles. The number of nitrogens with one attached hydrogen (secondary N) is 1. The number of piperazine rings is 1. The van der Waals surface area contributed by atoms with E-state index in [-0.39, 0.29) is 30.9 Å². The standard InChI is InChI=1S/C16H21Cl3N2O.2ClH/c17-12-9-13(15(19)14(18)10-12)16(11-1-7-22-8-2-11)21-5-3-20-4-6-21;;/h9-11,16,20H,1-8H2;2*1H/t16-;;/m0../s1. The van der Waals surface area contributed by atoms with Crippen molar-refractivity contribution in [1.29, 1.82) is 0 Å². The predicted octanol–water partition coefficient (Wildman–Crippen LogP) is 4.86. The molecule has 2 aliphatic heterocycles. The van der Waals surface area contributed by atoms with Crippen LogP contribution in [0.1, 0.15) is 24.4 Å². The maximum atomic E-state index is 6.53. The third-order valence-electron chi connectivity index (χ3n) is 4.60. The van der Waals surface area contributed by atoms with Gasteiger partial charge in [0.1, 0.15) is 0 Å². The molecule has 1 atom stereocenters. The van der Waals surface area contributed by atoms with Crippen LogP contribution in [0, 0.1) is 5.92 Å². The topological polar surface area (TPSA) is 24.5 Å². The van der Waals surface area contributed by atoms with Crippen molar-refractivity contribution >= 4 is 59.6 Å². The number of ether oxygens (including phenoxy) is 1. The van der Waals surface area contributed by atoms with Crippen LogP contribution in [0.5, 0.6) is 0 Å². The lowest BCUT2D eigenvalue weighted by atomic mass is 9.85. The zero-order chi connectivity index (χ0) is 15.5. The number of nitrogens with zero attached hydrogens (tertiary/aromatic N) is 1. The molecule has 0 aromatic heterocycles. The average Bonchev–Trinajstić information content (AvgIpc) is 2.54. The van der Waals surface area contributed by atoms with Crippen molar-refractivity contribution < 1.29 is 4.74 Å². The molecule has 3 nitrogen and oxygen atoms in total. The molecule has 1 N–H and O–H groups in total. The second-order valence-corrected chi connectivity index (χ2v) is 7.19. The number of halogens is 5. The fourth-order valence-corrected chi connectivity index (χ4v) is 4.26. The smallest absolute Gasteiger partial charge is 0.0641 e. The molecule has 0 aliphatic carbocycles. The van der Waals surface area contributed by atoms with Crippen molar-refractivity contribution in [1.82, 2.24) is 10.2 Å². The highest BCUT2D eigenvalue weighted by Crippen LogP contribution is 2.42. The number of rotatable bonds is 3. The van der Waals surface area contributed by atoms with E-state index in [1.165, 1.54) is 0 Å². The van der Waals surface area contributed by atoms with Crippen LogP contribution in [0.15, 0.2) is 12.1 Å². The maximum Gasteiger partial charge on any atom is 0.0641 e. The largest absolute Gasteiger partial charge is 0.381 e. The Bertz CT molecular complexity index is 501. The minimum absolute atomic E-state index is 0. The first-order valence-electron chi connectivity index (χ1n) is 7.84. The van der Waals surface area contributed by atoms with Crippen molar-refractivity contribution in [2.24, 2.45) is 5.92 Å².